The van der Waals surface area contributed by atoms with Crippen LogP contribution >= 0.6 is 0 Å². The van der Waals surface area contributed by atoms with Gasteiger partial charge in [0.05, 0.1) is 13.1 Å². The summed E-state index contributed by atoms with van der Waals surface area (Å²) in [5.41, 5.74) is 6.12. The molecule has 1 aliphatic heterocycles. The molecule has 9 nitrogen and oxygen atoms in total. The molecule has 1 aliphatic rings. The zero-order valence-electron chi connectivity index (χ0n) is 19.8. The second kappa shape index (κ2) is 8.40. The van der Waals surface area contributed by atoms with Crippen LogP contribution in [0, 0.1) is 13.8 Å². The van der Waals surface area contributed by atoms with Gasteiger partial charge in [0.15, 0.2) is 17.0 Å². The standard InChI is InChI=1S/C25H27N7O2/c1-16-12-17(2)32-22(26-16)13-20(27-32)24(33)30-11-10-21-19(15-30)23(25(34)29(3)4)28-31(21)14-18-8-6-5-7-9-18/h5-9,12-13H,10-11,14-15H2,1-4H3. The normalized spacial score (nSPS) is 13.2. The molecule has 1 aromatic carbocycles. The molecule has 2 amide bonds. The van der Waals surface area contributed by atoms with Crippen molar-refractivity contribution in [3.8, 4) is 0 Å². The fraction of sp³-hybridized carbons (Fsp3) is 0.320. The summed E-state index contributed by atoms with van der Waals surface area (Å²) >= 11 is 0. The molecule has 0 bridgehead atoms. The Labute approximate surface area is 197 Å². The fourth-order valence-electron chi connectivity index (χ4n) is 4.49. The molecule has 5 rings (SSSR count). The first kappa shape index (κ1) is 21.8. The smallest absolute Gasteiger partial charge is 0.274 e. The molecule has 0 spiro atoms. The molecule has 0 fully saturated rings. The first-order chi connectivity index (χ1) is 16.3. The molecule has 9 heteroatoms. The number of amides is 2. The highest BCUT2D eigenvalue weighted by Gasteiger charge is 2.32. The Morgan fingerprint density at radius 3 is 2.56 bits per heavy atom. The maximum absolute atomic E-state index is 13.4. The molecule has 0 aliphatic carbocycles. The van der Waals surface area contributed by atoms with Crippen molar-refractivity contribution in [3.05, 3.63) is 82.1 Å². The van der Waals surface area contributed by atoms with E-state index < -0.39 is 0 Å². The van der Waals surface area contributed by atoms with E-state index in [0.29, 0.717) is 43.1 Å². The van der Waals surface area contributed by atoms with Crippen LogP contribution in [0.3, 0.4) is 0 Å². The zero-order chi connectivity index (χ0) is 24.0. The molecule has 0 saturated heterocycles. The molecule has 4 heterocycles. The maximum Gasteiger partial charge on any atom is 0.274 e. The molecule has 0 unspecified atom stereocenters. The van der Waals surface area contributed by atoms with Gasteiger partial charge >= 0.3 is 0 Å². The zero-order valence-corrected chi connectivity index (χ0v) is 19.8. The van der Waals surface area contributed by atoms with Crippen molar-refractivity contribution < 1.29 is 9.59 Å². The van der Waals surface area contributed by atoms with Crippen LogP contribution in [0.2, 0.25) is 0 Å². The second-order valence-electron chi connectivity index (χ2n) is 8.93. The van der Waals surface area contributed by atoms with Gasteiger partial charge in [-0.25, -0.2) is 9.50 Å². The summed E-state index contributed by atoms with van der Waals surface area (Å²) in [6, 6.07) is 13.7. The van der Waals surface area contributed by atoms with Gasteiger partial charge < -0.3 is 9.80 Å². The maximum atomic E-state index is 13.4. The van der Waals surface area contributed by atoms with E-state index in [9.17, 15) is 9.59 Å². The molecular weight excluding hydrogens is 430 g/mol. The third-order valence-electron chi connectivity index (χ3n) is 6.16. The molecule has 0 atom stereocenters. The number of hydrogen-bond acceptors (Lipinski definition) is 5. The summed E-state index contributed by atoms with van der Waals surface area (Å²) in [7, 11) is 3.43. The van der Waals surface area contributed by atoms with Crippen LogP contribution in [0.15, 0.2) is 42.5 Å². The van der Waals surface area contributed by atoms with Gasteiger partial charge in [0, 0.05) is 55.8 Å². The van der Waals surface area contributed by atoms with Gasteiger partial charge in [-0.05, 0) is 25.5 Å². The predicted molar refractivity (Wildman–Crippen MR) is 127 cm³/mol. The number of hydrogen-bond donors (Lipinski definition) is 0. The Morgan fingerprint density at radius 1 is 1.06 bits per heavy atom. The lowest BCUT2D eigenvalue weighted by atomic mass is 10.0. The Hall–Kier alpha value is -4.01. The molecule has 0 radical (unpaired) electrons. The van der Waals surface area contributed by atoms with Crippen molar-refractivity contribution in [2.45, 2.75) is 33.4 Å². The minimum Gasteiger partial charge on any atom is -0.343 e. The number of aryl methyl sites for hydroxylation is 2. The highest BCUT2D eigenvalue weighted by atomic mass is 16.2. The Balaban J connectivity index is 1.48. The van der Waals surface area contributed by atoms with Crippen molar-refractivity contribution in [1.29, 1.82) is 0 Å². The molecule has 4 aromatic rings. The Bertz CT molecular complexity index is 1400. The number of nitrogens with zero attached hydrogens (tertiary/aromatic N) is 7. The van der Waals surface area contributed by atoms with E-state index in [0.717, 1.165) is 28.2 Å². The van der Waals surface area contributed by atoms with E-state index in [4.69, 9.17) is 0 Å². The van der Waals surface area contributed by atoms with E-state index in [2.05, 4.69) is 15.2 Å². The number of fused-ring (bicyclic) bond motifs is 2. The molecular formula is C25H27N7O2. The molecule has 3 aromatic heterocycles. The van der Waals surface area contributed by atoms with Crippen molar-refractivity contribution in [3.63, 3.8) is 0 Å². The topological polar surface area (TPSA) is 88.6 Å². The first-order valence-electron chi connectivity index (χ1n) is 11.3. The van der Waals surface area contributed by atoms with Gasteiger partial charge in [-0.2, -0.15) is 10.2 Å². The molecule has 174 valence electrons. The average Bonchev–Trinajstić information content (AvgIpc) is 3.40. The van der Waals surface area contributed by atoms with Crippen molar-refractivity contribution >= 4 is 17.5 Å². The van der Waals surface area contributed by atoms with Crippen LogP contribution in [-0.2, 0) is 19.5 Å². The monoisotopic (exact) mass is 457 g/mol. The van der Waals surface area contributed by atoms with Crippen molar-refractivity contribution in [1.82, 2.24) is 34.2 Å². The minimum absolute atomic E-state index is 0.166. The van der Waals surface area contributed by atoms with E-state index in [1.54, 1.807) is 29.6 Å². The van der Waals surface area contributed by atoms with Gasteiger partial charge in [-0.1, -0.05) is 30.3 Å². The SMILES string of the molecule is Cc1cc(C)n2nc(C(=O)N3CCc4c(c(C(=O)N(C)C)nn4Cc4ccccc4)C3)cc2n1. The summed E-state index contributed by atoms with van der Waals surface area (Å²) < 4.78 is 3.60. The van der Waals surface area contributed by atoms with Crippen LogP contribution in [0.1, 0.15) is 49.2 Å². The summed E-state index contributed by atoms with van der Waals surface area (Å²) in [4.78, 5) is 34.1. The summed E-state index contributed by atoms with van der Waals surface area (Å²) in [6.45, 7) is 5.29. The number of benzene rings is 1. The number of carbonyl (C=O) groups excluding carboxylic acids is 2. The second-order valence-corrected chi connectivity index (χ2v) is 8.93. The lowest BCUT2D eigenvalue weighted by Gasteiger charge is -2.27. The van der Waals surface area contributed by atoms with Crippen molar-refractivity contribution in [2.75, 3.05) is 20.6 Å². The van der Waals surface area contributed by atoms with Crippen LogP contribution in [0.5, 0.6) is 0 Å². The largest absolute Gasteiger partial charge is 0.343 e. The molecule has 0 N–H and O–H groups in total. The Morgan fingerprint density at radius 2 is 1.82 bits per heavy atom. The van der Waals surface area contributed by atoms with E-state index in [1.807, 2.05) is 54.9 Å². The average molecular weight is 458 g/mol. The first-order valence-corrected chi connectivity index (χ1v) is 11.3. The highest BCUT2D eigenvalue weighted by Crippen LogP contribution is 2.26. The predicted octanol–water partition coefficient (Wildman–Crippen LogP) is 2.49. The lowest BCUT2D eigenvalue weighted by Crippen LogP contribution is -2.37. The number of rotatable bonds is 4. The summed E-state index contributed by atoms with van der Waals surface area (Å²) in [6.07, 6.45) is 0.616. The van der Waals surface area contributed by atoms with Gasteiger partial charge in [0.25, 0.3) is 11.8 Å². The minimum atomic E-state index is -0.174. The third-order valence-corrected chi connectivity index (χ3v) is 6.16. The number of aromatic nitrogens is 5. The van der Waals surface area contributed by atoms with E-state index in [-0.39, 0.29) is 11.8 Å². The summed E-state index contributed by atoms with van der Waals surface area (Å²) in [5, 5.41) is 9.19. The van der Waals surface area contributed by atoms with Crippen LogP contribution in [-0.4, -0.2) is 66.6 Å². The van der Waals surface area contributed by atoms with Gasteiger partial charge in [-0.15, -0.1) is 0 Å². The van der Waals surface area contributed by atoms with E-state index in [1.165, 1.54) is 4.90 Å². The van der Waals surface area contributed by atoms with Gasteiger partial charge in [0.1, 0.15) is 0 Å². The van der Waals surface area contributed by atoms with Gasteiger partial charge in [0.2, 0.25) is 0 Å². The fourth-order valence-corrected chi connectivity index (χ4v) is 4.49. The summed E-state index contributed by atoms with van der Waals surface area (Å²) in [5.74, 6) is -0.340. The number of carbonyl (C=O) groups is 2. The van der Waals surface area contributed by atoms with Crippen molar-refractivity contribution in [2.24, 2.45) is 0 Å². The van der Waals surface area contributed by atoms with Crippen LogP contribution in [0.25, 0.3) is 5.65 Å². The van der Waals surface area contributed by atoms with Crippen LogP contribution in [0.4, 0.5) is 0 Å². The third kappa shape index (κ3) is 3.83. The van der Waals surface area contributed by atoms with E-state index >= 15 is 0 Å². The van der Waals surface area contributed by atoms with Gasteiger partial charge in [-0.3, -0.25) is 14.3 Å². The Kier molecular flexibility index (Phi) is 5.39. The quantitative estimate of drug-likeness (QED) is 0.470. The van der Waals surface area contributed by atoms with Crippen LogP contribution < -0.4 is 0 Å². The molecule has 34 heavy (non-hydrogen) atoms. The molecule has 0 saturated carbocycles. The highest BCUT2D eigenvalue weighted by molar-refractivity contribution is 5.95. The lowest BCUT2D eigenvalue weighted by molar-refractivity contribution is 0.0720.